The van der Waals surface area contributed by atoms with Crippen LogP contribution in [0.15, 0.2) is 6.07 Å². The summed E-state index contributed by atoms with van der Waals surface area (Å²) >= 11 is 5.52. The predicted molar refractivity (Wildman–Crippen MR) is 67.1 cm³/mol. The summed E-state index contributed by atoms with van der Waals surface area (Å²) < 4.78 is 37.8. The van der Waals surface area contributed by atoms with Crippen LogP contribution < -0.4 is 5.32 Å². The number of hydrogen-bond donors (Lipinski definition) is 1. The van der Waals surface area contributed by atoms with E-state index in [1.807, 2.05) is 0 Å². The van der Waals surface area contributed by atoms with Gasteiger partial charge >= 0.3 is 6.18 Å². The highest BCUT2D eigenvalue weighted by Crippen LogP contribution is 2.37. The second-order valence-electron chi connectivity index (χ2n) is 5.28. The van der Waals surface area contributed by atoms with Crippen molar-refractivity contribution >= 4 is 17.4 Å². The maximum Gasteiger partial charge on any atom is 0.433 e. The molecule has 0 aromatic carbocycles. The van der Waals surface area contributed by atoms with E-state index in [9.17, 15) is 13.2 Å². The molecule has 0 amide bonds. The van der Waals surface area contributed by atoms with E-state index in [0.717, 1.165) is 31.7 Å². The summed E-state index contributed by atoms with van der Waals surface area (Å²) in [5.41, 5.74) is -0.901. The third kappa shape index (κ3) is 3.72. The molecule has 106 valence electrons. The highest BCUT2D eigenvalue weighted by Gasteiger charge is 2.34. The van der Waals surface area contributed by atoms with Crippen molar-refractivity contribution in [2.24, 2.45) is 5.41 Å². The maximum absolute atomic E-state index is 12.6. The molecule has 0 bridgehead atoms. The Hall–Kier alpha value is -1.04. The third-order valence-corrected chi connectivity index (χ3v) is 3.67. The van der Waals surface area contributed by atoms with Gasteiger partial charge in [0.15, 0.2) is 5.69 Å². The molecule has 0 saturated heterocycles. The summed E-state index contributed by atoms with van der Waals surface area (Å²) in [6.07, 6.45) is -0.0385. The molecular weight excluding hydrogens is 279 g/mol. The fourth-order valence-electron chi connectivity index (χ4n) is 2.36. The van der Waals surface area contributed by atoms with Gasteiger partial charge in [0, 0.05) is 12.6 Å². The molecule has 1 N–H and O–H groups in total. The molecule has 0 spiro atoms. The van der Waals surface area contributed by atoms with Crippen LogP contribution in [-0.2, 0) is 6.18 Å². The maximum atomic E-state index is 12.6. The lowest BCUT2D eigenvalue weighted by Gasteiger charge is -2.24. The molecular formula is C12H15ClF3N3. The van der Waals surface area contributed by atoms with Crippen LogP contribution in [0.4, 0.5) is 19.0 Å². The van der Waals surface area contributed by atoms with Crippen molar-refractivity contribution in [2.45, 2.75) is 38.8 Å². The first kappa shape index (κ1) is 14.4. The van der Waals surface area contributed by atoms with Gasteiger partial charge in [0.1, 0.15) is 5.82 Å². The van der Waals surface area contributed by atoms with Gasteiger partial charge in [-0.3, -0.25) is 0 Å². The van der Waals surface area contributed by atoms with Crippen LogP contribution in [0.2, 0.25) is 5.28 Å². The normalized spacial score (nSPS) is 18.6. The summed E-state index contributed by atoms with van der Waals surface area (Å²) in [7, 11) is 0. The third-order valence-electron chi connectivity index (χ3n) is 3.50. The van der Waals surface area contributed by atoms with Crippen molar-refractivity contribution in [3.8, 4) is 0 Å². The van der Waals surface area contributed by atoms with Crippen molar-refractivity contribution in [2.75, 3.05) is 11.9 Å². The van der Waals surface area contributed by atoms with Crippen LogP contribution in [0.25, 0.3) is 0 Å². The van der Waals surface area contributed by atoms with Gasteiger partial charge in [-0.15, -0.1) is 0 Å². The van der Waals surface area contributed by atoms with Crippen LogP contribution >= 0.6 is 11.6 Å². The number of rotatable bonds is 3. The van der Waals surface area contributed by atoms with Gasteiger partial charge in [0.25, 0.3) is 0 Å². The Morgan fingerprint density at radius 2 is 1.95 bits per heavy atom. The Bertz CT molecular complexity index is 456. The van der Waals surface area contributed by atoms with Gasteiger partial charge in [-0.05, 0) is 29.9 Å². The van der Waals surface area contributed by atoms with Gasteiger partial charge in [0.05, 0.1) is 0 Å². The quantitative estimate of drug-likeness (QED) is 0.851. The van der Waals surface area contributed by atoms with E-state index >= 15 is 0 Å². The van der Waals surface area contributed by atoms with E-state index in [2.05, 4.69) is 22.2 Å². The van der Waals surface area contributed by atoms with Crippen LogP contribution in [0.3, 0.4) is 0 Å². The van der Waals surface area contributed by atoms with Crippen LogP contribution in [0.5, 0.6) is 0 Å². The van der Waals surface area contributed by atoms with Gasteiger partial charge in [-0.25, -0.2) is 9.97 Å². The molecule has 0 unspecified atom stereocenters. The van der Waals surface area contributed by atoms with Crippen molar-refractivity contribution in [3.05, 3.63) is 17.0 Å². The van der Waals surface area contributed by atoms with Crippen molar-refractivity contribution < 1.29 is 13.2 Å². The Morgan fingerprint density at radius 1 is 1.32 bits per heavy atom. The lowest BCUT2D eigenvalue weighted by atomic mass is 9.89. The van der Waals surface area contributed by atoms with Crippen LogP contribution in [0, 0.1) is 5.41 Å². The summed E-state index contributed by atoms with van der Waals surface area (Å²) in [4.78, 5) is 6.97. The Labute approximate surface area is 114 Å². The molecule has 3 nitrogen and oxygen atoms in total. The average Bonchev–Trinajstić information content (AvgIpc) is 2.72. The Morgan fingerprint density at radius 3 is 2.53 bits per heavy atom. The summed E-state index contributed by atoms with van der Waals surface area (Å²) in [6.45, 7) is 2.72. The molecule has 1 heterocycles. The SMILES string of the molecule is CC1(CNc2cc(C(F)(F)F)nc(Cl)n2)CCCC1. The summed E-state index contributed by atoms with van der Waals surface area (Å²) in [5, 5.41) is 2.55. The monoisotopic (exact) mass is 293 g/mol. The van der Waals surface area contributed by atoms with E-state index < -0.39 is 17.2 Å². The Balaban J connectivity index is 2.10. The lowest BCUT2D eigenvalue weighted by molar-refractivity contribution is -0.141. The number of nitrogens with one attached hydrogen (secondary N) is 1. The molecule has 0 radical (unpaired) electrons. The minimum Gasteiger partial charge on any atom is -0.369 e. The molecule has 1 aromatic rings. The van der Waals surface area contributed by atoms with Gasteiger partial charge in [-0.1, -0.05) is 19.8 Å². The van der Waals surface area contributed by atoms with Crippen molar-refractivity contribution in [1.82, 2.24) is 9.97 Å². The zero-order valence-corrected chi connectivity index (χ0v) is 11.3. The second kappa shape index (κ2) is 5.15. The molecule has 1 aliphatic carbocycles. The highest BCUT2D eigenvalue weighted by molar-refractivity contribution is 6.28. The first-order valence-corrected chi connectivity index (χ1v) is 6.52. The second-order valence-corrected chi connectivity index (χ2v) is 5.61. The fraction of sp³-hybridized carbons (Fsp3) is 0.667. The molecule has 2 rings (SSSR count). The lowest BCUT2D eigenvalue weighted by Crippen LogP contribution is -2.23. The summed E-state index contributed by atoms with van der Waals surface area (Å²) in [5.74, 6) is 0.125. The zero-order chi connectivity index (χ0) is 14.1. The predicted octanol–water partition coefficient (Wildman–Crippen LogP) is 4.14. The molecule has 19 heavy (non-hydrogen) atoms. The number of halogens is 4. The number of anilines is 1. The first-order valence-electron chi connectivity index (χ1n) is 6.14. The van der Waals surface area contributed by atoms with Gasteiger partial charge in [0.2, 0.25) is 5.28 Å². The smallest absolute Gasteiger partial charge is 0.369 e. The zero-order valence-electron chi connectivity index (χ0n) is 10.5. The molecule has 1 aromatic heterocycles. The molecule has 1 saturated carbocycles. The number of alkyl halides is 3. The number of hydrogen-bond acceptors (Lipinski definition) is 3. The van der Waals surface area contributed by atoms with E-state index in [1.54, 1.807) is 0 Å². The highest BCUT2D eigenvalue weighted by atomic mass is 35.5. The molecule has 0 atom stereocenters. The van der Waals surface area contributed by atoms with Crippen LogP contribution in [-0.4, -0.2) is 16.5 Å². The molecule has 7 heteroatoms. The van der Waals surface area contributed by atoms with E-state index in [4.69, 9.17) is 11.6 Å². The fourth-order valence-corrected chi connectivity index (χ4v) is 2.55. The van der Waals surface area contributed by atoms with E-state index in [1.165, 1.54) is 0 Å². The number of nitrogens with zero attached hydrogens (tertiary/aromatic N) is 2. The standard InChI is InChI=1S/C12H15ClF3N3/c1-11(4-2-3-5-11)7-17-9-6-8(12(14,15)16)18-10(13)19-9/h6H,2-5,7H2,1H3,(H,17,18,19). The molecule has 1 fully saturated rings. The van der Waals surface area contributed by atoms with E-state index in [0.29, 0.717) is 6.54 Å². The van der Waals surface area contributed by atoms with E-state index in [-0.39, 0.29) is 11.2 Å². The van der Waals surface area contributed by atoms with Crippen molar-refractivity contribution in [1.29, 1.82) is 0 Å². The van der Waals surface area contributed by atoms with Gasteiger partial charge in [-0.2, -0.15) is 13.2 Å². The topological polar surface area (TPSA) is 37.8 Å². The van der Waals surface area contributed by atoms with Gasteiger partial charge < -0.3 is 5.32 Å². The Kier molecular flexibility index (Phi) is 3.90. The molecule has 0 aliphatic heterocycles. The average molecular weight is 294 g/mol. The molecule has 1 aliphatic rings. The first-order chi connectivity index (χ1) is 8.78. The minimum atomic E-state index is -4.51. The van der Waals surface area contributed by atoms with Crippen molar-refractivity contribution in [3.63, 3.8) is 0 Å². The van der Waals surface area contributed by atoms with Crippen LogP contribution in [0.1, 0.15) is 38.3 Å². The number of aromatic nitrogens is 2. The minimum absolute atomic E-state index is 0.121. The largest absolute Gasteiger partial charge is 0.433 e. The summed E-state index contributed by atoms with van der Waals surface area (Å²) in [6, 6.07) is 0.893.